The maximum atomic E-state index is 13.0. The van der Waals surface area contributed by atoms with Crippen LogP contribution in [0, 0.1) is 12.7 Å². The molecule has 1 heterocycles. The molecule has 1 N–H and O–H groups in total. The third-order valence-electron chi connectivity index (χ3n) is 5.18. The van der Waals surface area contributed by atoms with E-state index >= 15 is 0 Å². The van der Waals surface area contributed by atoms with Crippen LogP contribution < -0.4 is 10.1 Å². The lowest BCUT2D eigenvalue weighted by atomic mass is 10.0. The van der Waals surface area contributed by atoms with Crippen molar-refractivity contribution in [1.82, 2.24) is 9.62 Å². The zero-order chi connectivity index (χ0) is 21.9. The molecule has 2 aromatic carbocycles. The van der Waals surface area contributed by atoms with E-state index in [2.05, 4.69) is 5.32 Å². The number of carbonyl (C=O) groups excluding carboxylic acids is 1. The van der Waals surface area contributed by atoms with Gasteiger partial charge in [0.1, 0.15) is 11.6 Å². The van der Waals surface area contributed by atoms with E-state index in [0.29, 0.717) is 31.7 Å². The molecule has 1 saturated heterocycles. The monoisotopic (exact) mass is 434 g/mol. The minimum absolute atomic E-state index is 0.141. The van der Waals surface area contributed by atoms with Gasteiger partial charge in [0.2, 0.25) is 10.0 Å². The first-order valence-corrected chi connectivity index (χ1v) is 11.3. The summed E-state index contributed by atoms with van der Waals surface area (Å²) >= 11 is 0. The third kappa shape index (κ3) is 5.17. The second-order valence-electron chi connectivity index (χ2n) is 8.03. The fourth-order valence-corrected chi connectivity index (χ4v) is 4.77. The lowest BCUT2D eigenvalue weighted by Gasteiger charge is -2.34. The molecule has 8 heteroatoms. The summed E-state index contributed by atoms with van der Waals surface area (Å²) in [6.07, 6.45) is 1.03. The predicted octanol–water partition coefficient (Wildman–Crippen LogP) is 3.26. The van der Waals surface area contributed by atoms with Gasteiger partial charge in [0, 0.05) is 19.1 Å². The minimum Gasteiger partial charge on any atom is -0.478 e. The molecule has 0 unspecified atom stereocenters. The number of nitrogens with zero attached hydrogens (tertiary/aromatic N) is 1. The van der Waals surface area contributed by atoms with Crippen molar-refractivity contribution in [1.29, 1.82) is 0 Å². The van der Waals surface area contributed by atoms with Crippen LogP contribution >= 0.6 is 0 Å². The van der Waals surface area contributed by atoms with Gasteiger partial charge in [-0.2, -0.15) is 4.31 Å². The second-order valence-corrected chi connectivity index (χ2v) is 9.97. The standard InChI is InChI=1S/C22H27FN2O4S/c1-16-4-10-20(11-5-16)30(27,28)25-14-12-18(13-15-25)24-21(26)22(2,3)29-19-8-6-17(23)7-9-19/h4-11,18H,12-15H2,1-3H3,(H,24,26). The van der Waals surface area contributed by atoms with Crippen LogP contribution in [0.15, 0.2) is 53.4 Å². The van der Waals surface area contributed by atoms with Gasteiger partial charge >= 0.3 is 0 Å². The summed E-state index contributed by atoms with van der Waals surface area (Å²) in [7, 11) is -3.54. The lowest BCUT2D eigenvalue weighted by molar-refractivity contribution is -0.135. The summed E-state index contributed by atoms with van der Waals surface area (Å²) in [4.78, 5) is 13.0. The molecule has 0 spiro atoms. The number of hydrogen-bond acceptors (Lipinski definition) is 4. The smallest absolute Gasteiger partial charge is 0.263 e. The molecule has 1 fully saturated rings. The van der Waals surface area contributed by atoms with E-state index in [0.717, 1.165) is 5.56 Å². The van der Waals surface area contributed by atoms with Crippen LogP contribution in [0.25, 0.3) is 0 Å². The molecule has 3 rings (SSSR count). The van der Waals surface area contributed by atoms with Gasteiger partial charge in [-0.05, 0) is 70.0 Å². The van der Waals surface area contributed by atoms with Gasteiger partial charge in [-0.25, -0.2) is 12.8 Å². The average molecular weight is 435 g/mol. The van der Waals surface area contributed by atoms with Crippen molar-refractivity contribution < 1.29 is 22.3 Å². The fraction of sp³-hybridized carbons (Fsp3) is 0.409. The molecule has 1 amide bonds. The second kappa shape index (κ2) is 8.73. The van der Waals surface area contributed by atoms with E-state index in [1.165, 1.54) is 28.6 Å². The van der Waals surface area contributed by atoms with E-state index in [-0.39, 0.29) is 22.7 Å². The van der Waals surface area contributed by atoms with Crippen LogP contribution in [0.3, 0.4) is 0 Å². The number of rotatable bonds is 6. The summed E-state index contributed by atoms with van der Waals surface area (Å²) in [5, 5.41) is 2.95. The Morgan fingerprint density at radius 2 is 1.63 bits per heavy atom. The summed E-state index contributed by atoms with van der Waals surface area (Å²) in [6.45, 7) is 5.86. The Morgan fingerprint density at radius 3 is 2.20 bits per heavy atom. The number of piperidine rings is 1. The van der Waals surface area contributed by atoms with Crippen LogP contribution in [0.4, 0.5) is 4.39 Å². The van der Waals surface area contributed by atoms with Crippen molar-refractivity contribution in [2.24, 2.45) is 0 Å². The molecule has 2 aromatic rings. The van der Waals surface area contributed by atoms with E-state index in [1.54, 1.807) is 38.1 Å². The molecule has 1 aliphatic heterocycles. The molecule has 0 saturated carbocycles. The largest absolute Gasteiger partial charge is 0.478 e. The topological polar surface area (TPSA) is 75.7 Å². The van der Waals surface area contributed by atoms with Gasteiger partial charge < -0.3 is 10.1 Å². The molecule has 0 aromatic heterocycles. The first kappa shape index (κ1) is 22.2. The van der Waals surface area contributed by atoms with Crippen molar-refractivity contribution >= 4 is 15.9 Å². The molecule has 0 aliphatic carbocycles. The van der Waals surface area contributed by atoms with Crippen LogP contribution in [-0.4, -0.2) is 43.4 Å². The number of benzene rings is 2. The summed E-state index contributed by atoms with van der Waals surface area (Å²) < 4.78 is 45.8. The summed E-state index contributed by atoms with van der Waals surface area (Å²) in [6, 6.07) is 12.1. The van der Waals surface area contributed by atoms with Crippen molar-refractivity contribution in [2.45, 2.75) is 50.2 Å². The number of ether oxygens (including phenoxy) is 1. The molecule has 0 atom stereocenters. The SMILES string of the molecule is Cc1ccc(S(=O)(=O)N2CCC(NC(=O)C(C)(C)Oc3ccc(F)cc3)CC2)cc1. The molecule has 0 bridgehead atoms. The van der Waals surface area contributed by atoms with Crippen molar-refractivity contribution in [3.05, 3.63) is 59.9 Å². The molecule has 6 nitrogen and oxygen atoms in total. The summed E-state index contributed by atoms with van der Waals surface area (Å²) in [5.41, 5.74) is -0.149. The van der Waals surface area contributed by atoms with Gasteiger partial charge in [-0.3, -0.25) is 4.79 Å². The third-order valence-corrected chi connectivity index (χ3v) is 7.09. The number of carbonyl (C=O) groups is 1. The van der Waals surface area contributed by atoms with E-state index in [9.17, 15) is 17.6 Å². The fourth-order valence-electron chi connectivity index (χ4n) is 3.30. The highest BCUT2D eigenvalue weighted by Crippen LogP contribution is 2.23. The Hall–Kier alpha value is -2.45. The molecule has 30 heavy (non-hydrogen) atoms. The molecular weight excluding hydrogens is 407 g/mol. The summed E-state index contributed by atoms with van der Waals surface area (Å²) in [5.74, 6) is -0.279. The van der Waals surface area contributed by atoms with Gasteiger partial charge in [0.15, 0.2) is 5.60 Å². The molecular formula is C22H27FN2O4S. The Balaban J connectivity index is 1.56. The zero-order valence-corrected chi connectivity index (χ0v) is 18.2. The maximum Gasteiger partial charge on any atom is 0.263 e. The van der Waals surface area contributed by atoms with Gasteiger partial charge in [-0.15, -0.1) is 0 Å². The van der Waals surface area contributed by atoms with Crippen molar-refractivity contribution in [3.8, 4) is 5.75 Å². The van der Waals surface area contributed by atoms with E-state index < -0.39 is 15.6 Å². The first-order valence-electron chi connectivity index (χ1n) is 9.90. The highest BCUT2D eigenvalue weighted by atomic mass is 32.2. The first-order chi connectivity index (χ1) is 14.1. The van der Waals surface area contributed by atoms with Crippen molar-refractivity contribution in [2.75, 3.05) is 13.1 Å². The molecule has 1 aliphatic rings. The maximum absolute atomic E-state index is 13.0. The van der Waals surface area contributed by atoms with Gasteiger partial charge in [-0.1, -0.05) is 17.7 Å². The lowest BCUT2D eigenvalue weighted by Crippen LogP contribution is -2.53. The Labute approximate surface area is 177 Å². The number of nitrogens with one attached hydrogen (secondary N) is 1. The zero-order valence-electron chi connectivity index (χ0n) is 17.4. The molecule has 0 radical (unpaired) electrons. The quantitative estimate of drug-likeness (QED) is 0.757. The number of aryl methyl sites for hydroxylation is 1. The van der Waals surface area contributed by atoms with E-state index in [1.807, 2.05) is 6.92 Å². The number of sulfonamides is 1. The Kier molecular flexibility index (Phi) is 6.47. The average Bonchev–Trinajstić information content (AvgIpc) is 2.70. The van der Waals surface area contributed by atoms with Gasteiger partial charge in [0.05, 0.1) is 4.90 Å². The van der Waals surface area contributed by atoms with Crippen LogP contribution in [0.1, 0.15) is 32.3 Å². The highest BCUT2D eigenvalue weighted by molar-refractivity contribution is 7.89. The number of amides is 1. The molecule has 162 valence electrons. The van der Waals surface area contributed by atoms with Gasteiger partial charge in [0.25, 0.3) is 5.91 Å². The number of hydrogen-bond donors (Lipinski definition) is 1. The van der Waals surface area contributed by atoms with Crippen molar-refractivity contribution in [3.63, 3.8) is 0 Å². The normalized spacial score (nSPS) is 16.3. The Morgan fingerprint density at radius 1 is 1.07 bits per heavy atom. The predicted molar refractivity (Wildman–Crippen MR) is 112 cm³/mol. The van der Waals surface area contributed by atoms with E-state index in [4.69, 9.17) is 4.74 Å². The van der Waals surface area contributed by atoms with Crippen LogP contribution in [-0.2, 0) is 14.8 Å². The van der Waals surface area contributed by atoms with Crippen LogP contribution in [0.5, 0.6) is 5.75 Å². The minimum atomic E-state index is -3.54. The number of halogens is 1. The highest BCUT2D eigenvalue weighted by Gasteiger charge is 2.34. The Bertz CT molecular complexity index is 981. The van der Waals surface area contributed by atoms with Crippen LogP contribution in [0.2, 0.25) is 0 Å².